The Morgan fingerprint density at radius 3 is 2.50 bits per heavy atom. The van der Waals surface area contributed by atoms with Gasteiger partial charge in [0.1, 0.15) is 0 Å². The van der Waals surface area contributed by atoms with Crippen LogP contribution in [-0.4, -0.2) is 16.8 Å². The van der Waals surface area contributed by atoms with E-state index in [4.69, 9.17) is 0 Å². The van der Waals surface area contributed by atoms with E-state index in [1.807, 2.05) is 11.8 Å². The monoisotopic (exact) mass is 252 g/mol. The van der Waals surface area contributed by atoms with Crippen molar-refractivity contribution in [1.82, 2.24) is 0 Å². The molecule has 0 heterocycles. The number of rotatable bonds is 8. The molecule has 0 bridgehead atoms. The van der Waals surface area contributed by atoms with Gasteiger partial charge in [0.25, 0.3) is 0 Å². The van der Waals surface area contributed by atoms with Crippen LogP contribution in [-0.2, 0) is 0 Å². The molecule has 0 aliphatic heterocycles. The summed E-state index contributed by atoms with van der Waals surface area (Å²) in [5.74, 6) is 1.33. The zero-order chi connectivity index (χ0) is 9.23. The smallest absolute Gasteiger partial charge is 0.0145 e. The van der Waals surface area contributed by atoms with E-state index < -0.39 is 0 Å². The van der Waals surface area contributed by atoms with Gasteiger partial charge in [0.05, 0.1) is 0 Å². The van der Waals surface area contributed by atoms with Crippen molar-refractivity contribution in [3.05, 3.63) is 0 Å². The van der Waals surface area contributed by atoms with Gasteiger partial charge < -0.3 is 0 Å². The van der Waals surface area contributed by atoms with Crippen LogP contribution in [0.5, 0.6) is 0 Å². The lowest BCUT2D eigenvalue weighted by atomic mass is 10.1. The molecule has 74 valence electrons. The second kappa shape index (κ2) is 9.91. The summed E-state index contributed by atoms with van der Waals surface area (Å²) in [6, 6.07) is 0. The summed E-state index contributed by atoms with van der Waals surface area (Å²) < 4.78 is 0. The maximum atomic E-state index is 3.70. The van der Waals surface area contributed by atoms with E-state index in [0.717, 1.165) is 4.83 Å². The molecule has 0 spiro atoms. The largest absolute Gasteiger partial charge is 0.165 e. The minimum atomic E-state index is 0.775. The van der Waals surface area contributed by atoms with Crippen LogP contribution in [0.15, 0.2) is 0 Å². The fraction of sp³-hybridized carbons (Fsp3) is 1.00. The Balaban J connectivity index is 2.97. The van der Waals surface area contributed by atoms with Gasteiger partial charge in [-0.05, 0) is 31.3 Å². The Morgan fingerprint density at radius 1 is 1.17 bits per heavy atom. The molecule has 0 aromatic rings. The zero-order valence-electron chi connectivity index (χ0n) is 8.31. The first kappa shape index (κ1) is 12.8. The lowest BCUT2D eigenvalue weighted by Crippen LogP contribution is -1.96. The Labute approximate surface area is 90.0 Å². The number of hydrogen-bond acceptors (Lipinski definition) is 1. The highest BCUT2D eigenvalue weighted by atomic mass is 79.9. The summed E-state index contributed by atoms with van der Waals surface area (Å²) in [7, 11) is 0. The fourth-order valence-electron chi connectivity index (χ4n) is 1.25. The van der Waals surface area contributed by atoms with Crippen molar-refractivity contribution in [2.45, 2.75) is 50.3 Å². The molecular formula is C10H21BrS. The van der Waals surface area contributed by atoms with E-state index in [9.17, 15) is 0 Å². The van der Waals surface area contributed by atoms with E-state index in [-0.39, 0.29) is 0 Å². The standard InChI is InChI=1S/C10H21BrS/c1-3-7-10(11)8-5-4-6-9-12-2/h10H,3-9H2,1-2H3. The average Bonchev–Trinajstić information content (AvgIpc) is 2.05. The molecule has 0 aromatic carbocycles. The summed E-state index contributed by atoms with van der Waals surface area (Å²) in [5.41, 5.74) is 0. The Morgan fingerprint density at radius 2 is 1.92 bits per heavy atom. The van der Waals surface area contributed by atoms with Crippen molar-refractivity contribution in [2.24, 2.45) is 0 Å². The molecule has 0 amide bonds. The number of hydrogen-bond donors (Lipinski definition) is 0. The Hall–Kier alpha value is 0.830. The maximum absolute atomic E-state index is 3.70. The molecule has 0 aromatic heterocycles. The van der Waals surface area contributed by atoms with Gasteiger partial charge in [-0.15, -0.1) is 0 Å². The van der Waals surface area contributed by atoms with Crippen molar-refractivity contribution in [3.8, 4) is 0 Å². The molecule has 0 saturated carbocycles. The van der Waals surface area contributed by atoms with Gasteiger partial charge in [-0.1, -0.05) is 42.1 Å². The number of unbranched alkanes of at least 4 members (excludes halogenated alkanes) is 2. The van der Waals surface area contributed by atoms with E-state index in [1.54, 1.807) is 0 Å². The van der Waals surface area contributed by atoms with Crippen molar-refractivity contribution in [3.63, 3.8) is 0 Å². The summed E-state index contributed by atoms with van der Waals surface area (Å²) in [6.07, 6.45) is 10.4. The van der Waals surface area contributed by atoms with Crippen molar-refractivity contribution in [2.75, 3.05) is 12.0 Å². The molecule has 1 atom stereocenters. The third-order valence-corrected chi connectivity index (χ3v) is 3.58. The molecule has 0 fully saturated rings. The molecule has 0 N–H and O–H groups in total. The van der Waals surface area contributed by atoms with Crippen molar-refractivity contribution >= 4 is 27.7 Å². The highest BCUT2D eigenvalue weighted by molar-refractivity contribution is 9.09. The van der Waals surface area contributed by atoms with Gasteiger partial charge in [-0.3, -0.25) is 0 Å². The summed E-state index contributed by atoms with van der Waals surface area (Å²) >= 11 is 5.66. The van der Waals surface area contributed by atoms with Gasteiger partial charge in [0.2, 0.25) is 0 Å². The van der Waals surface area contributed by atoms with Crippen LogP contribution in [0.2, 0.25) is 0 Å². The van der Waals surface area contributed by atoms with Gasteiger partial charge in [0, 0.05) is 4.83 Å². The number of thioether (sulfide) groups is 1. The van der Waals surface area contributed by atoms with Gasteiger partial charge in [-0.2, -0.15) is 11.8 Å². The number of halogens is 1. The quantitative estimate of drug-likeness (QED) is 0.454. The van der Waals surface area contributed by atoms with E-state index in [0.29, 0.717) is 0 Å². The summed E-state index contributed by atoms with van der Waals surface area (Å²) in [4.78, 5) is 0.775. The molecule has 0 saturated heterocycles. The van der Waals surface area contributed by atoms with Gasteiger partial charge in [0.15, 0.2) is 0 Å². The SMILES string of the molecule is CCCC(Br)CCCCCSC. The Bertz CT molecular complexity index is 85.9. The van der Waals surface area contributed by atoms with Crippen LogP contribution in [0.4, 0.5) is 0 Å². The molecule has 0 radical (unpaired) electrons. The molecule has 2 heteroatoms. The predicted octanol–water partition coefficient (Wildman–Crippen LogP) is 4.47. The van der Waals surface area contributed by atoms with Crippen LogP contribution < -0.4 is 0 Å². The first-order valence-corrected chi connectivity index (χ1v) is 7.25. The van der Waals surface area contributed by atoms with Crippen molar-refractivity contribution < 1.29 is 0 Å². The molecule has 0 aliphatic rings. The minimum Gasteiger partial charge on any atom is -0.165 e. The van der Waals surface area contributed by atoms with Crippen LogP contribution >= 0.6 is 27.7 Å². The Kier molecular flexibility index (Phi) is 10.6. The minimum absolute atomic E-state index is 0.775. The third kappa shape index (κ3) is 8.92. The topological polar surface area (TPSA) is 0 Å². The lowest BCUT2D eigenvalue weighted by Gasteiger charge is -2.06. The molecule has 12 heavy (non-hydrogen) atoms. The molecular weight excluding hydrogens is 232 g/mol. The van der Waals surface area contributed by atoms with Crippen molar-refractivity contribution in [1.29, 1.82) is 0 Å². The first-order chi connectivity index (χ1) is 5.81. The molecule has 1 unspecified atom stereocenters. The van der Waals surface area contributed by atoms with Gasteiger partial charge >= 0.3 is 0 Å². The van der Waals surface area contributed by atoms with Crippen LogP contribution in [0.25, 0.3) is 0 Å². The summed E-state index contributed by atoms with van der Waals surface area (Å²) in [6.45, 7) is 2.25. The normalized spacial score (nSPS) is 13.2. The van der Waals surface area contributed by atoms with E-state index >= 15 is 0 Å². The summed E-state index contributed by atoms with van der Waals surface area (Å²) in [5, 5.41) is 0. The lowest BCUT2D eigenvalue weighted by molar-refractivity contribution is 0.622. The second-order valence-corrected chi connectivity index (χ2v) is 5.51. The van der Waals surface area contributed by atoms with Crippen LogP contribution in [0.3, 0.4) is 0 Å². The maximum Gasteiger partial charge on any atom is 0.0145 e. The van der Waals surface area contributed by atoms with E-state index in [2.05, 4.69) is 29.1 Å². The first-order valence-electron chi connectivity index (χ1n) is 4.94. The van der Waals surface area contributed by atoms with Crippen LogP contribution in [0.1, 0.15) is 45.4 Å². The van der Waals surface area contributed by atoms with Crippen LogP contribution in [0, 0.1) is 0 Å². The third-order valence-electron chi connectivity index (χ3n) is 1.97. The molecule has 0 rings (SSSR count). The molecule has 0 aliphatic carbocycles. The zero-order valence-corrected chi connectivity index (χ0v) is 10.7. The predicted molar refractivity (Wildman–Crippen MR) is 64.5 cm³/mol. The number of alkyl halides is 1. The van der Waals surface area contributed by atoms with E-state index in [1.165, 1.54) is 44.3 Å². The second-order valence-electron chi connectivity index (χ2n) is 3.23. The van der Waals surface area contributed by atoms with Gasteiger partial charge in [-0.25, -0.2) is 0 Å². The highest BCUT2D eigenvalue weighted by Gasteiger charge is 2.01. The fourth-order valence-corrected chi connectivity index (χ4v) is 2.52. The average molecular weight is 253 g/mol. The molecule has 0 nitrogen and oxygen atoms in total. The highest BCUT2D eigenvalue weighted by Crippen LogP contribution is 2.16.